The number of hydrogen-bond donors (Lipinski definition) is 1. The first-order valence-corrected chi connectivity index (χ1v) is 11.1. The normalized spacial score (nSPS) is 22.1. The van der Waals surface area contributed by atoms with Crippen molar-refractivity contribution in [2.75, 3.05) is 0 Å². The summed E-state index contributed by atoms with van der Waals surface area (Å²) >= 11 is 0. The van der Waals surface area contributed by atoms with Gasteiger partial charge in [-0.15, -0.1) is 0 Å². The molecule has 0 aromatic heterocycles. The van der Waals surface area contributed by atoms with Crippen LogP contribution in [0.15, 0.2) is 91.0 Å². The molecule has 35 heavy (non-hydrogen) atoms. The Morgan fingerprint density at radius 2 is 1.09 bits per heavy atom. The van der Waals surface area contributed by atoms with Crippen molar-refractivity contribution in [2.45, 2.75) is 37.6 Å². The van der Waals surface area contributed by atoms with E-state index >= 15 is 0 Å². The molecule has 0 radical (unpaired) electrons. The lowest BCUT2D eigenvalue weighted by Crippen LogP contribution is -2.44. The fourth-order valence-corrected chi connectivity index (χ4v) is 3.71. The summed E-state index contributed by atoms with van der Waals surface area (Å²) in [5, 5.41) is 10.6. The van der Waals surface area contributed by atoms with Crippen LogP contribution in [-0.2, 0) is 18.9 Å². The molecule has 1 unspecified atom stereocenters. The molecule has 1 heterocycles. The Morgan fingerprint density at radius 1 is 0.686 bits per heavy atom. The van der Waals surface area contributed by atoms with Gasteiger partial charge < -0.3 is 24.1 Å². The van der Waals surface area contributed by atoms with Crippen LogP contribution in [0.4, 0.5) is 0 Å². The SMILES string of the molecule is C[C@@H](OC(=O)c1ccccc1)[C@H]1OC(O)[C@H](OC(=O)c2ccccc2)[C@@H]1OC(=O)c1ccccc1. The number of hydrogen-bond acceptors (Lipinski definition) is 8. The molecule has 5 atom stereocenters. The molecule has 1 fully saturated rings. The van der Waals surface area contributed by atoms with E-state index in [0.29, 0.717) is 5.56 Å². The molecule has 3 aromatic carbocycles. The van der Waals surface area contributed by atoms with Gasteiger partial charge in [-0.05, 0) is 43.3 Å². The number of carbonyl (C=O) groups is 3. The zero-order valence-electron chi connectivity index (χ0n) is 18.9. The van der Waals surface area contributed by atoms with E-state index in [4.69, 9.17) is 18.9 Å². The van der Waals surface area contributed by atoms with Crippen molar-refractivity contribution >= 4 is 17.9 Å². The van der Waals surface area contributed by atoms with Gasteiger partial charge in [-0.2, -0.15) is 0 Å². The maximum atomic E-state index is 12.8. The van der Waals surface area contributed by atoms with Crippen LogP contribution in [0.25, 0.3) is 0 Å². The van der Waals surface area contributed by atoms with E-state index in [-0.39, 0.29) is 11.1 Å². The maximum Gasteiger partial charge on any atom is 0.338 e. The van der Waals surface area contributed by atoms with Crippen LogP contribution in [0, 0.1) is 0 Å². The summed E-state index contributed by atoms with van der Waals surface area (Å²) in [6.07, 6.45) is -6.26. The van der Waals surface area contributed by atoms with Gasteiger partial charge in [-0.1, -0.05) is 54.6 Å². The molecule has 1 saturated heterocycles. The van der Waals surface area contributed by atoms with E-state index < -0.39 is 48.6 Å². The van der Waals surface area contributed by atoms with Gasteiger partial charge in [0.2, 0.25) is 0 Å². The van der Waals surface area contributed by atoms with Gasteiger partial charge >= 0.3 is 17.9 Å². The van der Waals surface area contributed by atoms with E-state index in [9.17, 15) is 19.5 Å². The first-order chi connectivity index (χ1) is 16.9. The lowest BCUT2D eigenvalue weighted by atomic mass is 10.1. The third-order valence-electron chi connectivity index (χ3n) is 5.50. The fraction of sp³-hybridized carbons (Fsp3) is 0.222. The van der Waals surface area contributed by atoms with Crippen LogP contribution >= 0.6 is 0 Å². The molecule has 0 saturated carbocycles. The van der Waals surface area contributed by atoms with Crippen molar-refractivity contribution in [2.24, 2.45) is 0 Å². The fourth-order valence-electron chi connectivity index (χ4n) is 3.71. The van der Waals surface area contributed by atoms with Crippen LogP contribution in [0.2, 0.25) is 0 Å². The van der Waals surface area contributed by atoms with Crippen LogP contribution in [0.3, 0.4) is 0 Å². The zero-order valence-corrected chi connectivity index (χ0v) is 18.9. The van der Waals surface area contributed by atoms with Crippen molar-refractivity contribution in [1.82, 2.24) is 0 Å². The smallest absolute Gasteiger partial charge is 0.338 e. The summed E-state index contributed by atoms with van der Waals surface area (Å²) in [4.78, 5) is 38.0. The molecular formula is C27H24O8. The van der Waals surface area contributed by atoms with Crippen LogP contribution in [-0.4, -0.2) is 53.7 Å². The topological polar surface area (TPSA) is 108 Å². The minimum absolute atomic E-state index is 0.250. The molecule has 8 nitrogen and oxygen atoms in total. The summed E-state index contributed by atoms with van der Waals surface area (Å²) in [7, 11) is 0. The van der Waals surface area contributed by atoms with E-state index in [1.54, 1.807) is 97.9 Å². The van der Waals surface area contributed by atoms with Crippen molar-refractivity contribution in [1.29, 1.82) is 0 Å². The third-order valence-corrected chi connectivity index (χ3v) is 5.50. The van der Waals surface area contributed by atoms with Crippen molar-refractivity contribution < 1.29 is 38.4 Å². The molecule has 0 aliphatic carbocycles. The molecule has 0 amide bonds. The summed E-state index contributed by atoms with van der Waals surface area (Å²) in [6, 6.07) is 24.7. The van der Waals surface area contributed by atoms with Gasteiger partial charge in [0.1, 0.15) is 12.2 Å². The van der Waals surface area contributed by atoms with Crippen LogP contribution in [0.1, 0.15) is 38.0 Å². The molecule has 1 aliphatic rings. The molecule has 0 bridgehead atoms. The Morgan fingerprint density at radius 3 is 1.54 bits per heavy atom. The Kier molecular flexibility index (Phi) is 7.54. The van der Waals surface area contributed by atoms with Crippen molar-refractivity contribution in [3.63, 3.8) is 0 Å². The minimum Gasteiger partial charge on any atom is -0.456 e. The second-order valence-electron chi connectivity index (χ2n) is 7.94. The predicted molar refractivity (Wildman–Crippen MR) is 123 cm³/mol. The number of rotatable bonds is 7. The molecule has 4 rings (SSSR count). The lowest BCUT2D eigenvalue weighted by Gasteiger charge is -2.26. The molecule has 1 N–H and O–H groups in total. The Labute approximate surface area is 202 Å². The highest BCUT2D eigenvalue weighted by Crippen LogP contribution is 2.30. The molecule has 8 heteroatoms. The highest BCUT2D eigenvalue weighted by atomic mass is 16.7. The number of aliphatic hydroxyl groups excluding tert-OH is 1. The Hall–Kier alpha value is -4.01. The van der Waals surface area contributed by atoms with Gasteiger partial charge in [-0.3, -0.25) is 0 Å². The van der Waals surface area contributed by atoms with Gasteiger partial charge in [-0.25, -0.2) is 14.4 Å². The molecule has 180 valence electrons. The van der Waals surface area contributed by atoms with E-state index in [1.807, 2.05) is 0 Å². The quantitative estimate of drug-likeness (QED) is 0.408. The molecule has 0 spiro atoms. The Balaban J connectivity index is 1.55. The third kappa shape index (κ3) is 5.74. The van der Waals surface area contributed by atoms with Crippen LogP contribution in [0.5, 0.6) is 0 Å². The lowest BCUT2D eigenvalue weighted by molar-refractivity contribution is -0.146. The summed E-state index contributed by atoms with van der Waals surface area (Å²) < 4.78 is 22.2. The molecule has 1 aliphatic heterocycles. The summed E-state index contributed by atoms with van der Waals surface area (Å²) in [5.74, 6) is -2.05. The highest BCUT2D eigenvalue weighted by molar-refractivity contribution is 5.91. The second-order valence-corrected chi connectivity index (χ2v) is 7.94. The van der Waals surface area contributed by atoms with E-state index in [2.05, 4.69) is 0 Å². The number of carbonyl (C=O) groups excluding carboxylic acids is 3. The first kappa shape index (κ1) is 24.1. The van der Waals surface area contributed by atoms with Crippen molar-refractivity contribution in [3.8, 4) is 0 Å². The van der Waals surface area contributed by atoms with E-state index in [0.717, 1.165) is 0 Å². The Bertz CT molecular complexity index is 1150. The number of aliphatic hydroxyl groups is 1. The van der Waals surface area contributed by atoms with Gasteiger partial charge in [0.05, 0.1) is 16.7 Å². The average molecular weight is 476 g/mol. The van der Waals surface area contributed by atoms with Gasteiger partial charge in [0, 0.05) is 0 Å². The number of esters is 3. The first-order valence-electron chi connectivity index (χ1n) is 11.1. The minimum atomic E-state index is -1.61. The monoisotopic (exact) mass is 476 g/mol. The maximum absolute atomic E-state index is 12.8. The van der Waals surface area contributed by atoms with Crippen molar-refractivity contribution in [3.05, 3.63) is 108 Å². The van der Waals surface area contributed by atoms with Crippen LogP contribution < -0.4 is 0 Å². The zero-order chi connectivity index (χ0) is 24.8. The second kappa shape index (κ2) is 10.9. The standard InChI is InChI=1S/C27H24O8/c1-17(32-24(28)18-11-5-2-6-12-18)21-22(34-25(29)19-13-7-3-8-14-19)23(27(31)33-21)35-26(30)20-15-9-4-10-16-20/h2-17,21-23,27,31H,1H3/t17-,21-,22-,23-,27?/m1/s1. The largest absolute Gasteiger partial charge is 0.456 e. The predicted octanol–water partition coefficient (Wildman–Crippen LogP) is 3.40. The highest BCUT2D eigenvalue weighted by Gasteiger charge is 2.52. The number of ether oxygens (including phenoxy) is 4. The molecular weight excluding hydrogens is 452 g/mol. The van der Waals surface area contributed by atoms with Gasteiger partial charge in [0.25, 0.3) is 0 Å². The summed E-state index contributed by atoms with van der Waals surface area (Å²) in [6.45, 7) is 1.54. The van der Waals surface area contributed by atoms with E-state index in [1.165, 1.54) is 0 Å². The van der Waals surface area contributed by atoms with Gasteiger partial charge in [0.15, 0.2) is 18.5 Å². The summed E-state index contributed by atoms with van der Waals surface area (Å²) in [5.41, 5.74) is 0.831. The average Bonchev–Trinajstić information content (AvgIpc) is 3.20. The number of benzene rings is 3. The molecule has 3 aromatic rings.